The summed E-state index contributed by atoms with van der Waals surface area (Å²) in [6.07, 6.45) is 0. The van der Waals surface area contributed by atoms with Crippen molar-refractivity contribution in [3.63, 3.8) is 0 Å². The number of amides is 1. The first-order chi connectivity index (χ1) is 10.9. The van der Waals surface area contributed by atoms with Gasteiger partial charge in [-0.3, -0.25) is 4.79 Å². The number of nitrogens with zero attached hydrogens (tertiary/aromatic N) is 2. The fraction of sp³-hybridized carbons (Fsp3) is 0.444. The van der Waals surface area contributed by atoms with Gasteiger partial charge in [-0.1, -0.05) is 32.9 Å². The third-order valence-corrected chi connectivity index (χ3v) is 5.12. The molecule has 1 aliphatic heterocycles. The lowest BCUT2D eigenvalue weighted by Crippen LogP contribution is -2.40. The molecular weight excluding hydrogens is 308 g/mol. The zero-order chi connectivity index (χ0) is 16.4. The molecule has 0 saturated carbocycles. The van der Waals surface area contributed by atoms with E-state index in [-0.39, 0.29) is 11.3 Å². The zero-order valence-corrected chi connectivity index (χ0v) is 14.7. The number of hydrogen-bond donors (Lipinski definition) is 0. The van der Waals surface area contributed by atoms with Crippen molar-refractivity contribution in [3.8, 4) is 11.3 Å². The number of thiazole rings is 1. The van der Waals surface area contributed by atoms with Crippen LogP contribution in [0.15, 0.2) is 29.6 Å². The van der Waals surface area contributed by atoms with E-state index in [4.69, 9.17) is 9.72 Å². The molecule has 1 aromatic heterocycles. The van der Waals surface area contributed by atoms with E-state index >= 15 is 0 Å². The SMILES string of the molecule is CC(C)(C)c1nc(-c2cccc(C(=O)N3CCOCC3)c2)cs1. The van der Waals surface area contributed by atoms with Crippen LogP contribution in [0.2, 0.25) is 0 Å². The smallest absolute Gasteiger partial charge is 0.254 e. The molecule has 2 heterocycles. The van der Waals surface area contributed by atoms with Crippen molar-refractivity contribution in [1.82, 2.24) is 9.88 Å². The van der Waals surface area contributed by atoms with Crippen molar-refractivity contribution in [3.05, 3.63) is 40.2 Å². The van der Waals surface area contributed by atoms with Gasteiger partial charge in [0.2, 0.25) is 0 Å². The summed E-state index contributed by atoms with van der Waals surface area (Å²) in [5.41, 5.74) is 2.70. The van der Waals surface area contributed by atoms with E-state index in [0.717, 1.165) is 21.8 Å². The molecule has 5 heteroatoms. The number of morpholine rings is 1. The average Bonchev–Trinajstić information content (AvgIpc) is 3.05. The molecule has 23 heavy (non-hydrogen) atoms. The Morgan fingerprint density at radius 3 is 2.65 bits per heavy atom. The van der Waals surface area contributed by atoms with E-state index in [2.05, 4.69) is 26.2 Å². The predicted molar refractivity (Wildman–Crippen MR) is 93.0 cm³/mol. The summed E-state index contributed by atoms with van der Waals surface area (Å²) in [5, 5.41) is 3.18. The van der Waals surface area contributed by atoms with E-state index in [0.29, 0.717) is 26.3 Å². The van der Waals surface area contributed by atoms with E-state index in [9.17, 15) is 4.79 Å². The summed E-state index contributed by atoms with van der Waals surface area (Å²) < 4.78 is 5.31. The maximum absolute atomic E-state index is 12.6. The van der Waals surface area contributed by atoms with E-state index in [1.54, 1.807) is 11.3 Å². The van der Waals surface area contributed by atoms with Gasteiger partial charge < -0.3 is 9.64 Å². The molecule has 0 aliphatic carbocycles. The Balaban J connectivity index is 1.85. The lowest BCUT2D eigenvalue weighted by molar-refractivity contribution is 0.0303. The Labute approximate surface area is 141 Å². The van der Waals surface area contributed by atoms with Crippen LogP contribution < -0.4 is 0 Å². The van der Waals surface area contributed by atoms with Gasteiger partial charge in [-0.25, -0.2) is 4.98 Å². The summed E-state index contributed by atoms with van der Waals surface area (Å²) in [6, 6.07) is 7.76. The second kappa shape index (κ2) is 6.42. The molecule has 1 aliphatic rings. The molecule has 0 atom stereocenters. The summed E-state index contributed by atoms with van der Waals surface area (Å²) in [4.78, 5) is 19.2. The molecule has 0 spiro atoms. The van der Waals surface area contributed by atoms with Crippen LogP contribution >= 0.6 is 11.3 Å². The molecule has 0 bridgehead atoms. The number of hydrogen-bond acceptors (Lipinski definition) is 4. The number of aromatic nitrogens is 1. The molecule has 1 amide bonds. The summed E-state index contributed by atoms with van der Waals surface area (Å²) in [7, 11) is 0. The number of rotatable bonds is 2. The largest absolute Gasteiger partial charge is 0.378 e. The maximum Gasteiger partial charge on any atom is 0.254 e. The van der Waals surface area contributed by atoms with Crippen molar-refractivity contribution < 1.29 is 9.53 Å². The normalized spacial score (nSPS) is 15.7. The first-order valence-electron chi connectivity index (χ1n) is 7.88. The first kappa shape index (κ1) is 16.1. The first-order valence-corrected chi connectivity index (χ1v) is 8.76. The minimum absolute atomic E-state index is 0.0458. The van der Waals surface area contributed by atoms with Gasteiger partial charge in [0.1, 0.15) is 0 Å². The molecule has 0 radical (unpaired) electrons. The average molecular weight is 330 g/mol. The molecule has 0 N–H and O–H groups in total. The van der Waals surface area contributed by atoms with Gasteiger partial charge in [-0.2, -0.15) is 0 Å². The second-order valence-electron chi connectivity index (χ2n) is 6.77. The van der Waals surface area contributed by atoms with Crippen LogP contribution in [0.25, 0.3) is 11.3 Å². The summed E-state index contributed by atoms with van der Waals surface area (Å²) >= 11 is 1.67. The number of carbonyl (C=O) groups excluding carboxylic acids is 1. The quantitative estimate of drug-likeness (QED) is 0.845. The standard InChI is InChI=1S/C18H22N2O2S/c1-18(2,3)17-19-15(12-23-17)13-5-4-6-14(11-13)16(21)20-7-9-22-10-8-20/h4-6,11-12H,7-10H2,1-3H3. The van der Waals surface area contributed by atoms with E-state index in [1.165, 1.54) is 0 Å². The van der Waals surface area contributed by atoms with Crippen LogP contribution in [-0.4, -0.2) is 42.1 Å². The van der Waals surface area contributed by atoms with Crippen LogP contribution in [0.3, 0.4) is 0 Å². The molecule has 3 rings (SSSR count). The van der Waals surface area contributed by atoms with Gasteiger partial charge in [-0.05, 0) is 12.1 Å². The summed E-state index contributed by atoms with van der Waals surface area (Å²) in [6.45, 7) is 9.04. The topological polar surface area (TPSA) is 42.4 Å². The Hall–Kier alpha value is -1.72. The molecule has 1 aromatic carbocycles. The van der Waals surface area contributed by atoms with Gasteiger partial charge >= 0.3 is 0 Å². The van der Waals surface area contributed by atoms with Crippen molar-refractivity contribution in [1.29, 1.82) is 0 Å². The van der Waals surface area contributed by atoms with Gasteiger partial charge in [0.15, 0.2) is 0 Å². The summed E-state index contributed by atoms with van der Waals surface area (Å²) in [5.74, 6) is 0.0708. The molecule has 1 saturated heterocycles. The maximum atomic E-state index is 12.6. The van der Waals surface area contributed by atoms with Gasteiger partial charge in [0, 0.05) is 35.0 Å². The Morgan fingerprint density at radius 2 is 2.00 bits per heavy atom. The van der Waals surface area contributed by atoms with Crippen LogP contribution in [0.1, 0.15) is 36.1 Å². The molecule has 0 unspecified atom stereocenters. The van der Waals surface area contributed by atoms with E-state index < -0.39 is 0 Å². The van der Waals surface area contributed by atoms with Gasteiger partial charge in [0.05, 0.1) is 23.9 Å². The van der Waals surface area contributed by atoms with Crippen molar-refractivity contribution in [2.75, 3.05) is 26.3 Å². The minimum atomic E-state index is 0.0458. The van der Waals surface area contributed by atoms with Crippen LogP contribution in [0.5, 0.6) is 0 Å². The molecule has 122 valence electrons. The lowest BCUT2D eigenvalue weighted by Gasteiger charge is -2.27. The monoisotopic (exact) mass is 330 g/mol. The van der Waals surface area contributed by atoms with Gasteiger partial charge in [0.25, 0.3) is 5.91 Å². The fourth-order valence-corrected chi connectivity index (χ4v) is 3.43. The van der Waals surface area contributed by atoms with Crippen molar-refractivity contribution in [2.45, 2.75) is 26.2 Å². The van der Waals surface area contributed by atoms with Crippen molar-refractivity contribution in [2.24, 2.45) is 0 Å². The highest BCUT2D eigenvalue weighted by Gasteiger charge is 2.21. The van der Waals surface area contributed by atoms with Crippen molar-refractivity contribution >= 4 is 17.2 Å². The third-order valence-electron chi connectivity index (χ3n) is 3.85. The molecule has 4 nitrogen and oxygen atoms in total. The highest BCUT2D eigenvalue weighted by molar-refractivity contribution is 7.10. The molecule has 2 aromatic rings. The fourth-order valence-electron chi connectivity index (χ4n) is 2.51. The number of ether oxygens (including phenoxy) is 1. The Bertz CT molecular complexity index is 697. The number of carbonyl (C=O) groups is 1. The van der Waals surface area contributed by atoms with Crippen LogP contribution in [0, 0.1) is 0 Å². The highest BCUT2D eigenvalue weighted by Crippen LogP contribution is 2.30. The van der Waals surface area contributed by atoms with E-state index in [1.807, 2.05) is 29.2 Å². The lowest BCUT2D eigenvalue weighted by atomic mass is 9.98. The third kappa shape index (κ3) is 3.62. The van der Waals surface area contributed by atoms with Gasteiger partial charge in [-0.15, -0.1) is 11.3 Å². The predicted octanol–water partition coefficient (Wildman–Crippen LogP) is 3.58. The second-order valence-corrected chi connectivity index (χ2v) is 7.63. The Morgan fingerprint density at radius 1 is 1.26 bits per heavy atom. The molecular formula is C18H22N2O2S. The Kier molecular flexibility index (Phi) is 4.50. The molecule has 1 fully saturated rings. The highest BCUT2D eigenvalue weighted by atomic mass is 32.1. The van der Waals surface area contributed by atoms with Crippen LogP contribution in [-0.2, 0) is 10.2 Å². The van der Waals surface area contributed by atoms with Crippen LogP contribution in [0.4, 0.5) is 0 Å². The minimum Gasteiger partial charge on any atom is -0.378 e. The zero-order valence-electron chi connectivity index (χ0n) is 13.8. The number of benzene rings is 1.